The molecule has 1 saturated heterocycles. The Balaban J connectivity index is 1.29. The van der Waals surface area contributed by atoms with Crippen LogP contribution >= 0.6 is 11.6 Å². The highest BCUT2D eigenvalue weighted by Crippen LogP contribution is 2.34. The summed E-state index contributed by atoms with van der Waals surface area (Å²) in [7, 11) is 2.17. The number of likely N-dealkylation sites (tertiary alicyclic amines) is 1. The van der Waals surface area contributed by atoms with E-state index in [2.05, 4.69) is 44.8 Å². The molecule has 4 aromatic rings. The molecule has 1 aliphatic rings. The van der Waals surface area contributed by atoms with Crippen molar-refractivity contribution in [2.24, 2.45) is 0 Å². The predicted octanol–water partition coefficient (Wildman–Crippen LogP) is 6.34. The Bertz CT molecular complexity index is 1280. The van der Waals surface area contributed by atoms with Crippen LogP contribution in [0.1, 0.15) is 24.3 Å². The second-order valence-electron chi connectivity index (χ2n) is 8.59. The van der Waals surface area contributed by atoms with Gasteiger partial charge in [-0.25, -0.2) is 4.79 Å². The number of carbonyl (C=O) groups is 1. The number of pyridine rings is 1. The van der Waals surface area contributed by atoms with Crippen molar-refractivity contribution in [3.05, 3.63) is 77.7 Å². The SMILES string of the molecule is CN1CCC(c2c[nH]c3ccc(NC(=O)Nc4ccc(-c5ccncc5)c(Cl)c4)cc23)CC1. The van der Waals surface area contributed by atoms with Crippen LogP contribution in [-0.2, 0) is 0 Å². The third-order valence-electron chi connectivity index (χ3n) is 6.35. The first-order valence-corrected chi connectivity index (χ1v) is 11.5. The number of carbonyl (C=O) groups excluding carboxylic acids is 1. The molecule has 2 amide bonds. The fourth-order valence-electron chi connectivity index (χ4n) is 4.53. The standard InChI is InChI=1S/C26H26ClN5O/c1-32-12-8-18(9-13-32)23-16-29-25-5-3-19(14-22(23)25)30-26(33)31-20-2-4-21(24(27)15-20)17-6-10-28-11-7-17/h2-7,10-11,14-16,18,29H,8-9,12-13H2,1H3,(H2,30,31,33). The van der Waals surface area contributed by atoms with E-state index in [0.29, 0.717) is 16.6 Å². The van der Waals surface area contributed by atoms with Gasteiger partial charge in [0.25, 0.3) is 0 Å². The Morgan fingerprint density at radius 2 is 1.73 bits per heavy atom. The van der Waals surface area contributed by atoms with Crippen LogP contribution in [0.5, 0.6) is 0 Å². The van der Waals surface area contributed by atoms with Crippen LogP contribution in [0, 0.1) is 0 Å². The quantitative estimate of drug-likeness (QED) is 0.333. The first kappa shape index (κ1) is 21.5. The molecule has 5 rings (SSSR count). The van der Waals surface area contributed by atoms with Crippen molar-refractivity contribution in [1.29, 1.82) is 0 Å². The maximum atomic E-state index is 12.7. The van der Waals surface area contributed by atoms with Crippen molar-refractivity contribution in [3.8, 4) is 11.1 Å². The summed E-state index contributed by atoms with van der Waals surface area (Å²) >= 11 is 6.46. The molecule has 168 valence electrons. The molecule has 0 unspecified atom stereocenters. The van der Waals surface area contributed by atoms with Crippen molar-refractivity contribution in [2.45, 2.75) is 18.8 Å². The summed E-state index contributed by atoms with van der Waals surface area (Å²) in [6.45, 7) is 2.22. The minimum Gasteiger partial charge on any atom is -0.361 e. The number of halogens is 1. The van der Waals surface area contributed by atoms with Crippen molar-refractivity contribution < 1.29 is 4.79 Å². The lowest BCUT2D eigenvalue weighted by Crippen LogP contribution is -2.29. The smallest absolute Gasteiger partial charge is 0.323 e. The predicted molar refractivity (Wildman–Crippen MR) is 135 cm³/mol. The van der Waals surface area contributed by atoms with Crippen LogP contribution in [0.2, 0.25) is 5.02 Å². The van der Waals surface area contributed by atoms with E-state index >= 15 is 0 Å². The van der Waals surface area contributed by atoms with Crippen molar-refractivity contribution >= 4 is 39.9 Å². The van der Waals surface area contributed by atoms with Gasteiger partial charge in [0, 0.05) is 46.4 Å². The van der Waals surface area contributed by atoms with E-state index in [1.807, 2.05) is 36.4 Å². The van der Waals surface area contributed by atoms with E-state index in [1.165, 1.54) is 10.9 Å². The second-order valence-corrected chi connectivity index (χ2v) is 9.00. The number of aromatic nitrogens is 2. The number of fused-ring (bicyclic) bond motifs is 1. The van der Waals surface area contributed by atoms with E-state index in [1.54, 1.807) is 18.5 Å². The van der Waals surface area contributed by atoms with Gasteiger partial charge in [-0.05, 0) is 92.5 Å². The molecule has 3 heterocycles. The number of rotatable bonds is 4. The molecule has 1 fully saturated rings. The monoisotopic (exact) mass is 459 g/mol. The number of benzene rings is 2. The first-order valence-electron chi connectivity index (χ1n) is 11.1. The molecule has 33 heavy (non-hydrogen) atoms. The summed E-state index contributed by atoms with van der Waals surface area (Å²) < 4.78 is 0. The maximum Gasteiger partial charge on any atom is 0.323 e. The normalized spacial score (nSPS) is 15.0. The van der Waals surface area contributed by atoms with Gasteiger partial charge in [-0.3, -0.25) is 4.98 Å². The van der Waals surface area contributed by atoms with Crippen LogP contribution in [0.15, 0.2) is 67.1 Å². The van der Waals surface area contributed by atoms with Crippen molar-refractivity contribution in [2.75, 3.05) is 30.8 Å². The summed E-state index contributed by atoms with van der Waals surface area (Å²) in [4.78, 5) is 22.4. The van der Waals surface area contributed by atoms with Gasteiger partial charge in [0.1, 0.15) is 0 Å². The van der Waals surface area contributed by atoms with Gasteiger partial charge in [0.05, 0.1) is 5.02 Å². The van der Waals surface area contributed by atoms with E-state index in [4.69, 9.17) is 11.6 Å². The number of piperidine rings is 1. The number of hydrogen-bond acceptors (Lipinski definition) is 3. The zero-order valence-corrected chi connectivity index (χ0v) is 19.2. The molecule has 2 aromatic carbocycles. The molecular formula is C26H26ClN5O. The Kier molecular flexibility index (Phi) is 6.03. The highest BCUT2D eigenvalue weighted by atomic mass is 35.5. The third kappa shape index (κ3) is 4.72. The fraction of sp³-hybridized carbons (Fsp3) is 0.231. The van der Waals surface area contributed by atoms with E-state index in [0.717, 1.165) is 48.3 Å². The van der Waals surface area contributed by atoms with Crippen LogP contribution in [0.4, 0.5) is 16.2 Å². The van der Waals surface area contributed by atoms with Gasteiger partial charge in [0.15, 0.2) is 0 Å². The number of amides is 2. The van der Waals surface area contributed by atoms with E-state index in [-0.39, 0.29) is 6.03 Å². The molecule has 2 aromatic heterocycles. The lowest BCUT2D eigenvalue weighted by atomic mass is 9.89. The van der Waals surface area contributed by atoms with E-state index < -0.39 is 0 Å². The number of urea groups is 1. The topological polar surface area (TPSA) is 73.1 Å². The Hall–Kier alpha value is -3.35. The number of H-pyrrole nitrogens is 1. The Morgan fingerprint density at radius 3 is 2.45 bits per heavy atom. The van der Waals surface area contributed by atoms with Gasteiger partial charge in [-0.15, -0.1) is 0 Å². The number of anilines is 2. The summed E-state index contributed by atoms with van der Waals surface area (Å²) in [6.07, 6.45) is 7.88. The molecule has 6 nitrogen and oxygen atoms in total. The molecule has 0 aliphatic carbocycles. The molecule has 0 radical (unpaired) electrons. The summed E-state index contributed by atoms with van der Waals surface area (Å²) in [5, 5.41) is 7.56. The zero-order valence-electron chi connectivity index (χ0n) is 18.4. The van der Waals surface area contributed by atoms with Gasteiger partial charge in [-0.1, -0.05) is 17.7 Å². The maximum absolute atomic E-state index is 12.7. The highest BCUT2D eigenvalue weighted by Gasteiger charge is 2.21. The average molecular weight is 460 g/mol. The largest absolute Gasteiger partial charge is 0.361 e. The zero-order chi connectivity index (χ0) is 22.8. The second kappa shape index (κ2) is 9.25. The average Bonchev–Trinajstić information content (AvgIpc) is 3.23. The summed E-state index contributed by atoms with van der Waals surface area (Å²) in [5.41, 5.74) is 5.68. The van der Waals surface area contributed by atoms with Crippen LogP contribution < -0.4 is 10.6 Å². The molecule has 0 atom stereocenters. The molecular weight excluding hydrogens is 434 g/mol. The number of nitrogens with one attached hydrogen (secondary N) is 3. The summed E-state index contributed by atoms with van der Waals surface area (Å²) in [5.74, 6) is 0.542. The first-order chi connectivity index (χ1) is 16.1. The molecule has 0 saturated carbocycles. The molecule has 1 aliphatic heterocycles. The molecule has 3 N–H and O–H groups in total. The van der Waals surface area contributed by atoms with Gasteiger partial charge in [-0.2, -0.15) is 0 Å². The van der Waals surface area contributed by atoms with Gasteiger partial charge >= 0.3 is 6.03 Å². The van der Waals surface area contributed by atoms with Gasteiger partial charge in [0.2, 0.25) is 0 Å². The number of aromatic amines is 1. The lowest BCUT2D eigenvalue weighted by molar-refractivity contribution is 0.256. The number of nitrogens with zero attached hydrogens (tertiary/aromatic N) is 2. The van der Waals surface area contributed by atoms with Crippen LogP contribution in [0.25, 0.3) is 22.0 Å². The van der Waals surface area contributed by atoms with Crippen molar-refractivity contribution in [1.82, 2.24) is 14.9 Å². The van der Waals surface area contributed by atoms with E-state index in [9.17, 15) is 4.79 Å². The minimum absolute atomic E-state index is 0.307. The Morgan fingerprint density at radius 1 is 1.03 bits per heavy atom. The molecule has 0 bridgehead atoms. The van der Waals surface area contributed by atoms with Crippen molar-refractivity contribution in [3.63, 3.8) is 0 Å². The molecule has 0 spiro atoms. The third-order valence-corrected chi connectivity index (χ3v) is 6.66. The highest BCUT2D eigenvalue weighted by molar-refractivity contribution is 6.33. The fourth-order valence-corrected chi connectivity index (χ4v) is 4.82. The summed E-state index contributed by atoms with van der Waals surface area (Å²) in [6, 6.07) is 15.0. The lowest BCUT2D eigenvalue weighted by Gasteiger charge is -2.28. The van der Waals surface area contributed by atoms with Crippen LogP contribution in [0.3, 0.4) is 0 Å². The Labute approximate surface area is 198 Å². The van der Waals surface area contributed by atoms with Crippen LogP contribution in [-0.4, -0.2) is 41.0 Å². The number of hydrogen-bond donors (Lipinski definition) is 3. The molecule has 7 heteroatoms. The minimum atomic E-state index is -0.307. The van der Waals surface area contributed by atoms with Gasteiger partial charge < -0.3 is 20.5 Å².